The predicted molar refractivity (Wildman–Crippen MR) is 113 cm³/mol. The predicted octanol–water partition coefficient (Wildman–Crippen LogP) is 7.14. The van der Waals surface area contributed by atoms with Crippen LogP contribution in [0.5, 0.6) is 0 Å². The van der Waals surface area contributed by atoms with Crippen molar-refractivity contribution < 1.29 is 8.78 Å². The molecule has 1 atom stereocenters. The highest BCUT2D eigenvalue weighted by atomic mass is 19.1. The lowest BCUT2D eigenvalue weighted by molar-refractivity contribution is 0.137. The van der Waals surface area contributed by atoms with Gasteiger partial charge in [-0.2, -0.15) is 0 Å². The van der Waals surface area contributed by atoms with Gasteiger partial charge in [0.25, 0.3) is 0 Å². The Morgan fingerprint density at radius 3 is 1.89 bits per heavy atom. The fraction of sp³-hybridized carbons (Fsp3) is 0.600. The van der Waals surface area contributed by atoms with Gasteiger partial charge in [-0.25, -0.2) is 8.78 Å². The molecule has 0 radical (unpaired) electrons. The molecular weight excluding hydrogens is 352 g/mol. The van der Waals surface area contributed by atoms with E-state index in [1.807, 2.05) is 6.08 Å². The van der Waals surface area contributed by atoms with Crippen LogP contribution in [0.4, 0.5) is 14.5 Å². The van der Waals surface area contributed by atoms with Crippen LogP contribution in [0.3, 0.4) is 0 Å². The van der Waals surface area contributed by atoms with Gasteiger partial charge in [0, 0.05) is 0 Å². The van der Waals surface area contributed by atoms with Crippen LogP contribution >= 0.6 is 0 Å². The van der Waals surface area contributed by atoms with Crippen LogP contribution in [-0.4, -0.2) is 0 Å². The largest absolute Gasteiger partial charge is 0.394 e. The number of rotatable bonds is 3. The maximum Gasteiger partial charge on any atom is 0.149 e. The fourth-order valence-electron chi connectivity index (χ4n) is 5.75. The minimum Gasteiger partial charge on any atom is -0.394 e. The van der Waals surface area contributed by atoms with Gasteiger partial charge in [-0.05, 0) is 97.8 Å². The number of anilines is 1. The SMILES string of the molecule is CC1CCC(C2CCC(C3C=CC(c4cc(F)c(N)c(F)c4)=CC3)CC2)CC1. The number of benzene rings is 1. The van der Waals surface area contributed by atoms with Gasteiger partial charge >= 0.3 is 0 Å². The first-order valence-corrected chi connectivity index (χ1v) is 11.1. The van der Waals surface area contributed by atoms with E-state index in [0.717, 1.165) is 35.7 Å². The molecule has 0 aliphatic heterocycles. The van der Waals surface area contributed by atoms with Crippen molar-refractivity contribution in [1.29, 1.82) is 0 Å². The second kappa shape index (κ2) is 8.39. The average molecular weight is 386 g/mol. The number of nitrogen functional groups attached to an aromatic ring is 1. The highest BCUT2D eigenvalue weighted by Crippen LogP contribution is 2.44. The molecule has 0 saturated heterocycles. The molecule has 0 aromatic heterocycles. The van der Waals surface area contributed by atoms with E-state index in [0.29, 0.717) is 11.5 Å². The Labute approximate surface area is 168 Å². The minimum absolute atomic E-state index is 0.397. The van der Waals surface area contributed by atoms with Crippen molar-refractivity contribution in [3.63, 3.8) is 0 Å². The molecule has 0 amide bonds. The fourth-order valence-corrected chi connectivity index (χ4v) is 5.75. The molecule has 152 valence electrons. The molecule has 1 unspecified atom stereocenters. The summed E-state index contributed by atoms with van der Waals surface area (Å²) in [5.41, 5.74) is 6.47. The van der Waals surface area contributed by atoms with Gasteiger partial charge in [0.1, 0.15) is 17.3 Å². The van der Waals surface area contributed by atoms with Crippen LogP contribution in [0.15, 0.2) is 30.4 Å². The first-order chi connectivity index (χ1) is 13.5. The molecule has 0 bridgehead atoms. The van der Waals surface area contributed by atoms with Gasteiger partial charge < -0.3 is 5.73 Å². The Bertz CT molecular complexity index is 727. The summed E-state index contributed by atoms with van der Waals surface area (Å²) in [6, 6.07) is 2.68. The Hall–Kier alpha value is -1.64. The van der Waals surface area contributed by atoms with Crippen molar-refractivity contribution in [2.75, 3.05) is 5.73 Å². The van der Waals surface area contributed by atoms with Crippen molar-refractivity contribution in [2.24, 2.45) is 29.6 Å². The molecule has 2 fully saturated rings. The summed E-state index contributed by atoms with van der Waals surface area (Å²) in [5, 5.41) is 0. The zero-order valence-electron chi connectivity index (χ0n) is 17.0. The third-order valence-corrected chi connectivity index (χ3v) is 7.69. The Morgan fingerprint density at radius 1 is 0.821 bits per heavy atom. The van der Waals surface area contributed by atoms with Crippen molar-refractivity contribution >= 4 is 11.3 Å². The molecule has 28 heavy (non-hydrogen) atoms. The summed E-state index contributed by atoms with van der Waals surface area (Å²) in [6.45, 7) is 2.40. The van der Waals surface area contributed by atoms with Crippen LogP contribution < -0.4 is 5.73 Å². The second-order valence-electron chi connectivity index (χ2n) is 9.47. The van der Waals surface area contributed by atoms with E-state index in [1.165, 1.54) is 63.5 Å². The van der Waals surface area contributed by atoms with Crippen molar-refractivity contribution in [3.05, 3.63) is 47.6 Å². The normalized spacial score (nSPS) is 33.5. The van der Waals surface area contributed by atoms with E-state index in [9.17, 15) is 8.78 Å². The first kappa shape index (κ1) is 19.7. The molecule has 3 aliphatic rings. The van der Waals surface area contributed by atoms with Crippen LogP contribution in [-0.2, 0) is 0 Å². The van der Waals surface area contributed by atoms with Gasteiger partial charge in [0.2, 0.25) is 0 Å². The summed E-state index contributed by atoms with van der Waals surface area (Å²) < 4.78 is 27.5. The third-order valence-electron chi connectivity index (χ3n) is 7.69. The number of nitrogens with two attached hydrogens (primary N) is 1. The van der Waals surface area contributed by atoms with Gasteiger partial charge in [0.15, 0.2) is 0 Å². The molecule has 3 aliphatic carbocycles. The van der Waals surface area contributed by atoms with Crippen LogP contribution in [0, 0.1) is 41.2 Å². The molecule has 1 nitrogen and oxygen atoms in total. The monoisotopic (exact) mass is 385 g/mol. The average Bonchev–Trinajstić information content (AvgIpc) is 2.72. The van der Waals surface area contributed by atoms with Gasteiger partial charge in [-0.15, -0.1) is 0 Å². The van der Waals surface area contributed by atoms with Crippen LogP contribution in [0.25, 0.3) is 5.57 Å². The van der Waals surface area contributed by atoms with Crippen LogP contribution in [0.1, 0.15) is 70.3 Å². The second-order valence-corrected chi connectivity index (χ2v) is 9.47. The molecular formula is C25H33F2N. The summed E-state index contributed by atoms with van der Waals surface area (Å²) in [5.74, 6) is 2.82. The molecule has 2 saturated carbocycles. The summed E-state index contributed by atoms with van der Waals surface area (Å²) in [4.78, 5) is 0. The summed E-state index contributed by atoms with van der Waals surface area (Å²) in [6.07, 6.45) is 18.6. The zero-order chi connectivity index (χ0) is 19.7. The Kier molecular flexibility index (Phi) is 5.89. The molecule has 0 heterocycles. The standard InChI is InChI=1S/C25H33F2N/c1-16-2-4-17(5-3-16)18-6-8-19(9-7-18)20-10-12-21(13-11-20)22-14-23(26)25(28)24(27)15-22/h10,12-20H,2-9,11,28H2,1H3. The van der Waals surface area contributed by atoms with Gasteiger partial charge in [0.05, 0.1) is 0 Å². The lowest BCUT2D eigenvalue weighted by Gasteiger charge is -2.39. The molecule has 4 rings (SSSR count). The van der Waals surface area contributed by atoms with Crippen molar-refractivity contribution in [1.82, 2.24) is 0 Å². The number of hydrogen-bond acceptors (Lipinski definition) is 1. The summed E-state index contributed by atoms with van der Waals surface area (Å²) in [7, 11) is 0. The lowest BCUT2D eigenvalue weighted by Crippen LogP contribution is -2.27. The van der Waals surface area contributed by atoms with Crippen molar-refractivity contribution in [3.8, 4) is 0 Å². The van der Waals surface area contributed by atoms with Gasteiger partial charge in [-0.1, -0.05) is 38.0 Å². The summed E-state index contributed by atoms with van der Waals surface area (Å²) >= 11 is 0. The molecule has 0 spiro atoms. The highest BCUT2D eigenvalue weighted by molar-refractivity contribution is 5.76. The number of hydrogen-bond donors (Lipinski definition) is 1. The van der Waals surface area contributed by atoms with E-state index < -0.39 is 17.3 Å². The quantitative estimate of drug-likeness (QED) is 0.550. The minimum atomic E-state index is -0.679. The van der Waals surface area contributed by atoms with E-state index in [2.05, 4.69) is 19.1 Å². The highest BCUT2D eigenvalue weighted by Gasteiger charge is 2.32. The van der Waals surface area contributed by atoms with E-state index in [4.69, 9.17) is 5.73 Å². The maximum absolute atomic E-state index is 13.8. The Morgan fingerprint density at radius 2 is 1.36 bits per heavy atom. The lowest BCUT2D eigenvalue weighted by atomic mass is 9.67. The van der Waals surface area contributed by atoms with Crippen molar-refractivity contribution in [2.45, 2.75) is 64.7 Å². The number of halogens is 2. The zero-order valence-corrected chi connectivity index (χ0v) is 17.0. The van der Waals surface area contributed by atoms with E-state index in [-0.39, 0.29) is 0 Å². The smallest absolute Gasteiger partial charge is 0.149 e. The topological polar surface area (TPSA) is 26.0 Å². The van der Waals surface area contributed by atoms with Crippen LogP contribution in [0.2, 0.25) is 0 Å². The van der Waals surface area contributed by atoms with E-state index >= 15 is 0 Å². The van der Waals surface area contributed by atoms with E-state index in [1.54, 1.807) is 0 Å². The molecule has 2 N–H and O–H groups in total. The number of allylic oxidation sites excluding steroid dienone is 4. The third kappa shape index (κ3) is 4.18. The molecule has 1 aromatic carbocycles. The Balaban J connectivity index is 1.32. The van der Waals surface area contributed by atoms with Gasteiger partial charge in [-0.3, -0.25) is 0 Å². The molecule has 3 heteroatoms. The first-order valence-electron chi connectivity index (χ1n) is 11.1. The maximum atomic E-state index is 13.8. The molecule has 1 aromatic rings.